The van der Waals surface area contributed by atoms with Crippen LogP contribution in [-0.2, 0) is 0 Å². The molecule has 7 heteroatoms. The summed E-state index contributed by atoms with van der Waals surface area (Å²) in [7, 11) is 0. The summed E-state index contributed by atoms with van der Waals surface area (Å²) in [6, 6.07) is 19.0. The van der Waals surface area contributed by atoms with Gasteiger partial charge in [-0.15, -0.1) is 0 Å². The number of imidazole rings is 1. The standard InChI is InChI=1S/C25H18Cl2N4O/c1-14-6-7-15(2)18(11-14)20-13-21(29-25(32)28-20)24-23(17-9-8-16(26)12-19(17)27)30-22-5-3-4-10-31(22)24/h3-13H,1-2H3,(H,28,29,32). The Morgan fingerprint density at radius 3 is 2.56 bits per heavy atom. The monoisotopic (exact) mass is 460 g/mol. The van der Waals surface area contributed by atoms with Crippen LogP contribution in [0.2, 0.25) is 10.0 Å². The van der Waals surface area contributed by atoms with Crippen LogP contribution in [0.3, 0.4) is 0 Å². The normalized spacial score (nSPS) is 11.2. The molecule has 0 amide bonds. The Kier molecular flexibility index (Phi) is 5.08. The fourth-order valence-corrected chi connectivity index (χ4v) is 4.36. The Bertz CT molecular complexity index is 1550. The number of hydrogen-bond acceptors (Lipinski definition) is 3. The number of pyridine rings is 1. The van der Waals surface area contributed by atoms with Gasteiger partial charge in [0.05, 0.1) is 22.1 Å². The highest BCUT2D eigenvalue weighted by atomic mass is 35.5. The Hall–Kier alpha value is -3.41. The number of nitrogens with zero attached hydrogens (tertiary/aromatic N) is 3. The molecule has 2 aromatic carbocycles. The van der Waals surface area contributed by atoms with Crippen molar-refractivity contribution >= 4 is 28.8 Å². The van der Waals surface area contributed by atoms with Crippen molar-refractivity contribution in [2.75, 3.05) is 0 Å². The highest BCUT2D eigenvalue weighted by molar-refractivity contribution is 6.36. The van der Waals surface area contributed by atoms with E-state index < -0.39 is 5.69 Å². The van der Waals surface area contributed by atoms with Gasteiger partial charge in [0.15, 0.2) is 0 Å². The number of aromatic nitrogens is 4. The lowest BCUT2D eigenvalue weighted by Gasteiger charge is -2.10. The predicted molar refractivity (Wildman–Crippen MR) is 129 cm³/mol. The van der Waals surface area contributed by atoms with E-state index in [2.05, 4.69) is 9.97 Å². The molecule has 32 heavy (non-hydrogen) atoms. The molecule has 0 unspecified atom stereocenters. The van der Waals surface area contributed by atoms with Crippen LogP contribution in [-0.4, -0.2) is 19.4 Å². The zero-order valence-electron chi connectivity index (χ0n) is 17.4. The fourth-order valence-electron chi connectivity index (χ4n) is 3.86. The summed E-state index contributed by atoms with van der Waals surface area (Å²) in [6.07, 6.45) is 1.90. The van der Waals surface area contributed by atoms with Gasteiger partial charge in [0.2, 0.25) is 0 Å². The molecule has 3 heterocycles. The van der Waals surface area contributed by atoms with Crippen molar-refractivity contribution < 1.29 is 0 Å². The molecule has 3 aromatic heterocycles. The van der Waals surface area contributed by atoms with Crippen molar-refractivity contribution in [2.45, 2.75) is 13.8 Å². The van der Waals surface area contributed by atoms with E-state index in [-0.39, 0.29) is 0 Å². The zero-order chi connectivity index (χ0) is 22.4. The first-order valence-electron chi connectivity index (χ1n) is 10.0. The third kappa shape index (κ3) is 3.60. The third-order valence-electron chi connectivity index (χ3n) is 5.38. The van der Waals surface area contributed by atoms with Gasteiger partial charge >= 0.3 is 5.69 Å². The lowest BCUT2D eigenvalue weighted by Crippen LogP contribution is -2.13. The summed E-state index contributed by atoms with van der Waals surface area (Å²) in [5, 5.41) is 1.02. The Morgan fingerprint density at radius 2 is 1.75 bits per heavy atom. The van der Waals surface area contributed by atoms with Crippen molar-refractivity contribution in [2.24, 2.45) is 0 Å². The minimum atomic E-state index is -0.433. The number of aromatic amines is 1. The summed E-state index contributed by atoms with van der Waals surface area (Å²) >= 11 is 12.6. The molecule has 0 fully saturated rings. The SMILES string of the molecule is Cc1ccc(C)c(-c2cc(-c3c(-c4ccc(Cl)cc4Cl)nc4ccccn34)[nH]c(=O)n2)c1. The van der Waals surface area contributed by atoms with Gasteiger partial charge in [-0.3, -0.25) is 4.40 Å². The molecule has 5 rings (SSSR count). The van der Waals surface area contributed by atoms with Crippen molar-refractivity contribution in [3.8, 4) is 33.9 Å². The number of benzene rings is 2. The topological polar surface area (TPSA) is 63.1 Å². The maximum atomic E-state index is 12.6. The van der Waals surface area contributed by atoms with Crippen LogP contribution in [0.25, 0.3) is 39.5 Å². The molecular weight excluding hydrogens is 443 g/mol. The summed E-state index contributed by atoms with van der Waals surface area (Å²) in [4.78, 5) is 24.6. The van der Waals surface area contributed by atoms with Gasteiger partial charge in [0, 0.05) is 22.3 Å². The predicted octanol–water partition coefficient (Wildman–Crippen LogP) is 6.34. The van der Waals surface area contributed by atoms with Gasteiger partial charge in [-0.2, -0.15) is 4.98 Å². The van der Waals surface area contributed by atoms with Crippen LogP contribution in [0, 0.1) is 13.8 Å². The fraction of sp³-hybridized carbons (Fsp3) is 0.0800. The minimum Gasteiger partial charge on any atom is -0.304 e. The van der Waals surface area contributed by atoms with Crippen molar-refractivity contribution in [1.29, 1.82) is 0 Å². The summed E-state index contributed by atoms with van der Waals surface area (Å²) in [5.74, 6) is 0. The van der Waals surface area contributed by atoms with E-state index in [0.29, 0.717) is 27.1 Å². The van der Waals surface area contributed by atoms with E-state index in [1.54, 1.807) is 12.1 Å². The largest absolute Gasteiger partial charge is 0.346 e. The minimum absolute atomic E-state index is 0.433. The summed E-state index contributed by atoms with van der Waals surface area (Å²) in [6.45, 7) is 4.02. The molecule has 5 aromatic rings. The maximum absolute atomic E-state index is 12.6. The second-order valence-electron chi connectivity index (χ2n) is 7.67. The molecule has 0 saturated carbocycles. The first-order valence-corrected chi connectivity index (χ1v) is 10.8. The molecule has 0 spiro atoms. The van der Waals surface area contributed by atoms with Gasteiger partial charge in [-0.25, -0.2) is 9.78 Å². The van der Waals surface area contributed by atoms with Gasteiger partial charge in [0.1, 0.15) is 11.3 Å². The third-order valence-corrected chi connectivity index (χ3v) is 5.93. The van der Waals surface area contributed by atoms with Crippen molar-refractivity contribution in [3.63, 3.8) is 0 Å². The molecule has 0 radical (unpaired) electrons. The number of nitrogens with one attached hydrogen (secondary N) is 1. The average molecular weight is 461 g/mol. The van der Waals surface area contributed by atoms with Gasteiger partial charge < -0.3 is 4.98 Å². The number of fused-ring (bicyclic) bond motifs is 1. The molecule has 0 saturated heterocycles. The second-order valence-corrected chi connectivity index (χ2v) is 8.51. The number of rotatable bonds is 3. The molecule has 1 N–H and O–H groups in total. The highest BCUT2D eigenvalue weighted by Gasteiger charge is 2.20. The molecule has 0 aliphatic rings. The summed E-state index contributed by atoms with van der Waals surface area (Å²) in [5.41, 5.74) is 6.63. The Labute approximate surface area is 194 Å². The van der Waals surface area contributed by atoms with E-state index in [1.807, 2.05) is 73.0 Å². The number of aryl methyl sites for hydroxylation is 2. The van der Waals surface area contributed by atoms with Gasteiger partial charge in [0.25, 0.3) is 0 Å². The second kappa shape index (κ2) is 7.93. The van der Waals surface area contributed by atoms with E-state index in [4.69, 9.17) is 28.2 Å². The first kappa shape index (κ1) is 20.5. The number of H-pyrrole nitrogens is 1. The Morgan fingerprint density at radius 1 is 0.906 bits per heavy atom. The Balaban J connectivity index is 1.81. The van der Waals surface area contributed by atoms with Gasteiger partial charge in [-0.1, -0.05) is 47.0 Å². The molecule has 158 valence electrons. The van der Waals surface area contributed by atoms with Gasteiger partial charge in [-0.05, 0) is 61.9 Å². The smallest absolute Gasteiger partial charge is 0.304 e. The molecule has 0 atom stereocenters. The van der Waals surface area contributed by atoms with Crippen LogP contribution in [0.1, 0.15) is 11.1 Å². The van der Waals surface area contributed by atoms with Crippen LogP contribution < -0.4 is 5.69 Å². The van der Waals surface area contributed by atoms with E-state index in [0.717, 1.165) is 33.6 Å². The van der Waals surface area contributed by atoms with Crippen LogP contribution in [0.4, 0.5) is 0 Å². The molecular formula is C25H18Cl2N4O. The van der Waals surface area contributed by atoms with Crippen molar-refractivity contribution in [1.82, 2.24) is 19.4 Å². The summed E-state index contributed by atoms with van der Waals surface area (Å²) < 4.78 is 1.93. The van der Waals surface area contributed by atoms with Crippen LogP contribution in [0.15, 0.2) is 71.7 Å². The van der Waals surface area contributed by atoms with E-state index >= 15 is 0 Å². The number of hydrogen-bond donors (Lipinski definition) is 1. The van der Waals surface area contributed by atoms with E-state index in [1.165, 1.54) is 0 Å². The molecule has 0 aliphatic heterocycles. The lowest BCUT2D eigenvalue weighted by atomic mass is 10.0. The van der Waals surface area contributed by atoms with E-state index in [9.17, 15) is 4.79 Å². The molecule has 0 aliphatic carbocycles. The maximum Gasteiger partial charge on any atom is 0.346 e. The first-order chi connectivity index (χ1) is 15.4. The quantitative estimate of drug-likeness (QED) is 0.341. The zero-order valence-corrected chi connectivity index (χ0v) is 18.9. The molecule has 5 nitrogen and oxygen atoms in total. The highest BCUT2D eigenvalue weighted by Crippen LogP contribution is 2.37. The lowest BCUT2D eigenvalue weighted by molar-refractivity contribution is 1.06. The average Bonchev–Trinajstić information content (AvgIpc) is 3.14. The van der Waals surface area contributed by atoms with Crippen LogP contribution in [0.5, 0.6) is 0 Å². The van der Waals surface area contributed by atoms with Crippen LogP contribution >= 0.6 is 23.2 Å². The number of halogens is 2. The molecule has 0 bridgehead atoms. The van der Waals surface area contributed by atoms with Crippen molar-refractivity contribution in [3.05, 3.63) is 98.5 Å².